The first-order chi connectivity index (χ1) is 12.5. The highest BCUT2D eigenvalue weighted by Gasteiger charge is 2.18. The molecule has 0 saturated carbocycles. The van der Waals surface area contributed by atoms with Crippen molar-refractivity contribution in [1.29, 1.82) is 0 Å². The Labute approximate surface area is 156 Å². The van der Waals surface area contributed by atoms with Crippen molar-refractivity contribution >= 4 is 11.4 Å². The first-order valence-corrected chi connectivity index (χ1v) is 9.66. The van der Waals surface area contributed by atoms with Gasteiger partial charge in [0.25, 0.3) is 0 Å². The van der Waals surface area contributed by atoms with Crippen molar-refractivity contribution in [3.63, 3.8) is 0 Å². The van der Waals surface area contributed by atoms with E-state index in [0.717, 1.165) is 44.2 Å². The van der Waals surface area contributed by atoms with Crippen LogP contribution >= 0.6 is 0 Å². The van der Waals surface area contributed by atoms with Crippen molar-refractivity contribution in [3.8, 4) is 0 Å². The van der Waals surface area contributed by atoms with E-state index in [4.69, 9.17) is 4.52 Å². The van der Waals surface area contributed by atoms with Gasteiger partial charge in [0.1, 0.15) is 6.04 Å². The summed E-state index contributed by atoms with van der Waals surface area (Å²) in [5, 5.41) is 7.55. The van der Waals surface area contributed by atoms with Crippen molar-refractivity contribution in [2.75, 3.05) is 42.9 Å². The van der Waals surface area contributed by atoms with E-state index in [-0.39, 0.29) is 12.0 Å². The van der Waals surface area contributed by atoms with Crippen LogP contribution in [0.4, 0.5) is 11.4 Å². The lowest BCUT2D eigenvalue weighted by molar-refractivity contribution is 0.271. The third-order valence-corrected chi connectivity index (χ3v) is 5.11. The minimum absolute atomic E-state index is 0.0207. The number of hydrogen-bond donors (Lipinski definition) is 1. The maximum atomic E-state index is 5.40. The quantitative estimate of drug-likeness (QED) is 0.848. The van der Waals surface area contributed by atoms with Crippen molar-refractivity contribution < 1.29 is 4.52 Å². The summed E-state index contributed by atoms with van der Waals surface area (Å²) in [6.45, 7) is 16.2. The lowest BCUT2D eigenvalue weighted by Crippen LogP contribution is -2.46. The van der Waals surface area contributed by atoms with Crippen LogP contribution in [0.5, 0.6) is 0 Å². The van der Waals surface area contributed by atoms with E-state index in [1.54, 1.807) is 0 Å². The van der Waals surface area contributed by atoms with Crippen LogP contribution in [0.15, 0.2) is 22.7 Å². The molecule has 0 spiro atoms. The molecule has 1 saturated heterocycles. The number of hydrogen-bond acceptors (Lipinski definition) is 6. The Morgan fingerprint density at radius 1 is 1.15 bits per heavy atom. The number of piperazine rings is 1. The van der Waals surface area contributed by atoms with Crippen molar-refractivity contribution in [2.24, 2.45) is 0 Å². The van der Waals surface area contributed by atoms with Gasteiger partial charge in [-0.05, 0) is 44.2 Å². The Balaban J connectivity index is 1.65. The van der Waals surface area contributed by atoms with Gasteiger partial charge in [-0.15, -0.1) is 0 Å². The summed E-state index contributed by atoms with van der Waals surface area (Å²) >= 11 is 0. The molecule has 1 N–H and O–H groups in total. The molecular formula is C20H31N5O. The lowest BCUT2D eigenvalue weighted by Gasteiger charge is -2.35. The van der Waals surface area contributed by atoms with E-state index in [9.17, 15) is 0 Å². The molecule has 1 atom stereocenters. The molecular weight excluding hydrogens is 326 g/mol. The molecule has 0 radical (unpaired) electrons. The minimum atomic E-state index is -0.0207. The Morgan fingerprint density at radius 3 is 2.46 bits per heavy atom. The molecule has 0 bridgehead atoms. The first-order valence-electron chi connectivity index (χ1n) is 9.66. The zero-order valence-electron chi connectivity index (χ0n) is 16.6. The van der Waals surface area contributed by atoms with E-state index < -0.39 is 0 Å². The van der Waals surface area contributed by atoms with Gasteiger partial charge in [0, 0.05) is 43.5 Å². The predicted octanol–water partition coefficient (Wildman–Crippen LogP) is 3.82. The summed E-state index contributed by atoms with van der Waals surface area (Å²) in [6, 6.07) is 6.61. The van der Waals surface area contributed by atoms with Gasteiger partial charge in [-0.25, -0.2) is 0 Å². The maximum absolute atomic E-state index is 5.40. The van der Waals surface area contributed by atoms with Gasteiger partial charge in [0.15, 0.2) is 5.82 Å². The summed E-state index contributed by atoms with van der Waals surface area (Å²) in [5.74, 6) is 1.66. The van der Waals surface area contributed by atoms with Crippen LogP contribution in [-0.2, 0) is 0 Å². The number of nitrogens with zero attached hydrogens (tertiary/aromatic N) is 4. The van der Waals surface area contributed by atoms with Crippen molar-refractivity contribution in [3.05, 3.63) is 35.5 Å². The topological polar surface area (TPSA) is 57.4 Å². The van der Waals surface area contributed by atoms with Crippen molar-refractivity contribution in [1.82, 2.24) is 15.0 Å². The zero-order chi connectivity index (χ0) is 18.7. The zero-order valence-corrected chi connectivity index (χ0v) is 16.6. The summed E-state index contributed by atoms with van der Waals surface area (Å²) < 4.78 is 5.40. The fraction of sp³-hybridized carbons (Fsp3) is 0.600. The second-order valence-corrected chi connectivity index (χ2v) is 7.43. The maximum Gasteiger partial charge on any atom is 0.248 e. The predicted molar refractivity (Wildman–Crippen MR) is 106 cm³/mol. The largest absolute Gasteiger partial charge is 0.374 e. The Bertz CT molecular complexity index is 719. The van der Waals surface area contributed by atoms with E-state index in [1.165, 1.54) is 11.3 Å². The highest BCUT2D eigenvalue weighted by Crippen LogP contribution is 2.27. The van der Waals surface area contributed by atoms with Gasteiger partial charge >= 0.3 is 0 Å². The van der Waals surface area contributed by atoms with Gasteiger partial charge in [0.05, 0.1) is 0 Å². The highest BCUT2D eigenvalue weighted by atomic mass is 16.5. The minimum Gasteiger partial charge on any atom is -0.374 e. The summed E-state index contributed by atoms with van der Waals surface area (Å²) in [7, 11) is 0. The number of benzene rings is 1. The summed E-state index contributed by atoms with van der Waals surface area (Å²) in [6.07, 6.45) is 0. The number of aromatic nitrogens is 2. The number of anilines is 2. The Morgan fingerprint density at radius 2 is 1.88 bits per heavy atom. The number of aryl methyl sites for hydroxylation is 1. The molecule has 6 nitrogen and oxygen atoms in total. The van der Waals surface area contributed by atoms with E-state index in [0.29, 0.717) is 5.89 Å². The second kappa shape index (κ2) is 8.08. The SMILES string of the molecule is CCN1CCN(c2ccc(NC(C)c3nc(C(C)C)no3)c(C)c2)CC1. The third-order valence-electron chi connectivity index (χ3n) is 5.11. The first kappa shape index (κ1) is 18.7. The van der Waals surface area contributed by atoms with Crippen LogP contribution in [-0.4, -0.2) is 47.8 Å². The molecule has 1 aliphatic rings. The number of likely N-dealkylation sites (N-methyl/N-ethyl adjacent to an activating group) is 1. The molecule has 1 unspecified atom stereocenters. The molecule has 2 aromatic rings. The summed E-state index contributed by atoms with van der Waals surface area (Å²) in [5.41, 5.74) is 3.64. The molecule has 1 aliphatic heterocycles. The summed E-state index contributed by atoms with van der Waals surface area (Å²) in [4.78, 5) is 9.46. The number of nitrogens with one attached hydrogen (secondary N) is 1. The van der Waals surface area contributed by atoms with Crippen LogP contribution < -0.4 is 10.2 Å². The molecule has 1 aromatic heterocycles. The average molecular weight is 358 g/mol. The lowest BCUT2D eigenvalue weighted by atomic mass is 10.1. The fourth-order valence-electron chi connectivity index (χ4n) is 3.28. The monoisotopic (exact) mass is 357 g/mol. The van der Waals surface area contributed by atoms with Gasteiger partial charge in [0.2, 0.25) is 5.89 Å². The van der Waals surface area contributed by atoms with E-state index in [2.05, 4.69) is 78.1 Å². The van der Waals surface area contributed by atoms with Crippen LogP contribution in [0.25, 0.3) is 0 Å². The third kappa shape index (κ3) is 4.18. The molecule has 1 aromatic carbocycles. The van der Waals surface area contributed by atoms with Gasteiger partial charge in [-0.1, -0.05) is 25.9 Å². The highest BCUT2D eigenvalue weighted by molar-refractivity contribution is 5.60. The van der Waals surface area contributed by atoms with Gasteiger partial charge in [-0.2, -0.15) is 4.98 Å². The molecule has 0 aliphatic carbocycles. The molecule has 3 rings (SSSR count). The standard InChI is InChI=1S/C20H31N5O/c1-6-24-9-11-25(12-10-24)17-7-8-18(15(4)13-17)21-16(5)20-22-19(14(2)3)23-26-20/h7-8,13-14,16,21H,6,9-12H2,1-5H3. The molecule has 2 heterocycles. The fourth-order valence-corrected chi connectivity index (χ4v) is 3.28. The molecule has 142 valence electrons. The second-order valence-electron chi connectivity index (χ2n) is 7.43. The van der Waals surface area contributed by atoms with Crippen LogP contribution in [0.2, 0.25) is 0 Å². The Hall–Kier alpha value is -2.08. The normalized spacial score (nSPS) is 16.9. The smallest absolute Gasteiger partial charge is 0.248 e. The molecule has 26 heavy (non-hydrogen) atoms. The van der Waals surface area contributed by atoms with Gasteiger partial charge < -0.3 is 19.6 Å². The van der Waals surface area contributed by atoms with Crippen LogP contribution in [0, 0.1) is 6.92 Å². The average Bonchev–Trinajstić information content (AvgIpc) is 3.14. The van der Waals surface area contributed by atoms with Crippen LogP contribution in [0.1, 0.15) is 56.9 Å². The molecule has 1 fully saturated rings. The molecule has 0 amide bonds. The number of rotatable bonds is 6. The van der Waals surface area contributed by atoms with E-state index in [1.807, 2.05) is 0 Å². The van der Waals surface area contributed by atoms with E-state index >= 15 is 0 Å². The van der Waals surface area contributed by atoms with Gasteiger partial charge in [-0.3, -0.25) is 0 Å². The van der Waals surface area contributed by atoms with Crippen molar-refractivity contribution in [2.45, 2.75) is 46.6 Å². The van der Waals surface area contributed by atoms with Crippen LogP contribution in [0.3, 0.4) is 0 Å². The molecule has 6 heteroatoms. The Kier molecular flexibility index (Phi) is 5.81.